The van der Waals surface area contributed by atoms with E-state index in [0.29, 0.717) is 18.8 Å². The molecule has 7 nitrogen and oxygen atoms in total. The highest BCUT2D eigenvalue weighted by Crippen LogP contribution is 2.56. The molecule has 8 heteroatoms. The van der Waals surface area contributed by atoms with Crippen LogP contribution in [-0.4, -0.2) is 62.8 Å². The van der Waals surface area contributed by atoms with E-state index in [1.807, 2.05) is 47.1 Å². The average Bonchev–Trinajstić information content (AvgIpc) is 3.40. The molecule has 2 aliphatic rings. The van der Waals surface area contributed by atoms with Crippen LogP contribution in [0.2, 0.25) is 0 Å². The Morgan fingerprint density at radius 1 is 1.25 bits per heavy atom. The lowest BCUT2D eigenvalue weighted by Gasteiger charge is -2.53. The van der Waals surface area contributed by atoms with Crippen LogP contribution in [0.5, 0.6) is 0 Å². The van der Waals surface area contributed by atoms with Gasteiger partial charge in [-0.2, -0.15) is 0 Å². The van der Waals surface area contributed by atoms with Gasteiger partial charge in [-0.05, 0) is 56.4 Å². The minimum atomic E-state index is -0.0546. The van der Waals surface area contributed by atoms with Crippen molar-refractivity contribution in [2.75, 3.05) is 26.2 Å². The molecule has 0 aromatic carbocycles. The first kappa shape index (κ1) is 19.1. The third kappa shape index (κ3) is 3.23. The van der Waals surface area contributed by atoms with Crippen molar-refractivity contribution in [3.05, 3.63) is 34.3 Å². The molecule has 3 heterocycles. The van der Waals surface area contributed by atoms with Crippen LogP contribution in [0.25, 0.3) is 0 Å². The number of hydrogen-bond donors (Lipinski definition) is 0. The van der Waals surface area contributed by atoms with E-state index >= 15 is 0 Å². The van der Waals surface area contributed by atoms with Crippen LogP contribution in [0.1, 0.15) is 65.7 Å². The summed E-state index contributed by atoms with van der Waals surface area (Å²) in [6, 6.07) is 4.10. The van der Waals surface area contributed by atoms with Crippen molar-refractivity contribution in [3.8, 4) is 0 Å². The lowest BCUT2D eigenvalue weighted by molar-refractivity contribution is -0.0267. The van der Waals surface area contributed by atoms with Crippen LogP contribution in [0.3, 0.4) is 0 Å². The Kier molecular flexibility index (Phi) is 5.23. The van der Waals surface area contributed by atoms with E-state index in [-0.39, 0.29) is 23.3 Å². The van der Waals surface area contributed by atoms with Crippen molar-refractivity contribution < 1.29 is 9.59 Å². The van der Waals surface area contributed by atoms with Crippen molar-refractivity contribution >= 4 is 23.2 Å². The molecule has 2 fully saturated rings. The van der Waals surface area contributed by atoms with E-state index in [0.717, 1.165) is 43.6 Å². The zero-order chi connectivity index (χ0) is 19.7. The summed E-state index contributed by atoms with van der Waals surface area (Å²) < 4.78 is 1.90. The van der Waals surface area contributed by atoms with Gasteiger partial charge in [0.1, 0.15) is 0 Å². The van der Waals surface area contributed by atoms with Gasteiger partial charge in [-0.3, -0.25) is 9.59 Å². The number of carbonyl (C=O) groups excluding carboxylic acids is 2. The molecule has 1 atom stereocenters. The van der Waals surface area contributed by atoms with Gasteiger partial charge in [-0.15, -0.1) is 16.4 Å². The Bertz CT molecular complexity index is 835. The minimum absolute atomic E-state index is 0.0546. The zero-order valence-corrected chi connectivity index (χ0v) is 17.3. The maximum atomic E-state index is 12.6. The van der Waals surface area contributed by atoms with Gasteiger partial charge >= 0.3 is 0 Å². The summed E-state index contributed by atoms with van der Waals surface area (Å²) in [5.41, 5.74) is 0.603. The van der Waals surface area contributed by atoms with Crippen molar-refractivity contribution in [2.24, 2.45) is 5.41 Å². The van der Waals surface area contributed by atoms with Gasteiger partial charge in [0, 0.05) is 26.2 Å². The smallest absolute Gasteiger partial charge is 0.276 e. The molecule has 2 aromatic heterocycles. The largest absolute Gasteiger partial charge is 0.338 e. The number of nitrogens with zero attached hydrogens (tertiary/aromatic N) is 5. The number of amides is 2. The SMILES string of the molecule is CCN(CC)C(=O)c1cn(C2CCC23CCN(C(=O)c2cccs2)CC3)nn1. The van der Waals surface area contributed by atoms with Gasteiger partial charge in [0.05, 0.1) is 17.1 Å². The minimum Gasteiger partial charge on any atom is -0.338 e. The number of thiophene rings is 1. The summed E-state index contributed by atoms with van der Waals surface area (Å²) in [7, 11) is 0. The number of hydrogen-bond acceptors (Lipinski definition) is 5. The van der Waals surface area contributed by atoms with Crippen LogP contribution in [0.15, 0.2) is 23.7 Å². The molecule has 2 amide bonds. The summed E-state index contributed by atoms with van der Waals surface area (Å²) in [6.07, 6.45) is 5.98. The summed E-state index contributed by atoms with van der Waals surface area (Å²) in [5.74, 6) is 0.0922. The number of piperidine rings is 1. The molecule has 0 N–H and O–H groups in total. The molecule has 0 radical (unpaired) electrons. The highest BCUT2D eigenvalue weighted by atomic mass is 32.1. The maximum Gasteiger partial charge on any atom is 0.276 e. The Labute approximate surface area is 169 Å². The highest BCUT2D eigenvalue weighted by molar-refractivity contribution is 7.12. The molecular weight excluding hydrogens is 374 g/mol. The molecule has 1 saturated carbocycles. The topological polar surface area (TPSA) is 71.3 Å². The first-order valence-corrected chi connectivity index (χ1v) is 11.0. The molecule has 28 heavy (non-hydrogen) atoms. The average molecular weight is 402 g/mol. The summed E-state index contributed by atoms with van der Waals surface area (Å²) in [5, 5.41) is 10.4. The summed E-state index contributed by atoms with van der Waals surface area (Å²) in [6.45, 7) is 6.85. The van der Waals surface area contributed by atoms with E-state index in [2.05, 4.69) is 10.3 Å². The predicted molar refractivity (Wildman–Crippen MR) is 107 cm³/mol. The second kappa shape index (κ2) is 7.66. The fraction of sp³-hybridized carbons (Fsp3) is 0.600. The van der Waals surface area contributed by atoms with Crippen LogP contribution >= 0.6 is 11.3 Å². The van der Waals surface area contributed by atoms with E-state index in [9.17, 15) is 9.59 Å². The second-order valence-electron chi connectivity index (χ2n) is 7.75. The molecule has 1 spiro atoms. The van der Waals surface area contributed by atoms with Gasteiger partial charge < -0.3 is 9.80 Å². The molecule has 1 aliphatic heterocycles. The third-order valence-corrected chi connectivity index (χ3v) is 7.36. The van der Waals surface area contributed by atoms with E-state index in [1.165, 1.54) is 11.3 Å². The third-order valence-electron chi connectivity index (χ3n) is 6.50. The zero-order valence-electron chi connectivity index (χ0n) is 16.5. The highest BCUT2D eigenvalue weighted by Gasteiger charge is 2.50. The molecule has 1 aliphatic carbocycles. The first-order chi connectivity index (χ1) is 13.6. The number of rotatable bonds is 5. The number of likely N-dealkylation sites (tertiary alicyclic amines) is 1. The Morgan fingerprint density at radius 2 is 2.00 bits per heavy atom. The van der Waals surface area contributed by atoms with Crippen LogP contribution in [0, 0.1) is 5.41 Å². The molecule has 2 aromatic rings. The fourth-order valence-electron chi connectivity index (χ4n) is 4.59. The standard InChI is InChI=1S/C20H27N5O2S/c1-3-23(4-2)18(26)15-14-25(22-21-15)17-7-8-20(17)9-11-24(12-10-20)19(27)16-6-5-13-28-16/h5-6,13-14,17H,3-4,7-12H2,1-2H3. The van der Waals surface area contributed by atoms with Crippen molar-refractivity contribution in [3.63, 3.8) is 0 Å². The lowest BCUT2D eigenvalue weighted by Crippen LogP contribution is -2.51. The molecule has 150 valence electrons. The molecular formula is C20H27N5O2S. The Balaban J connectivity index is 1.42. The maximum absolute atomic E-state index is 12.6. The number of carbonyl (C=O) groups is 2. The van der Waals surface area contributed by atoms with Gasteiger partial charge in [-0.1, -0.05) is 11.3 Å². The monoisotopic (exact) mass is 401 g/mol. The van der Waals surface area contributed by atoms with Gasteiger partial charge in [0.15, 0.2) is 5.69 Å². The van der Waals surface area contributed by atoms with Crippen molar-refractivity contribution in [2.45, 2.75) is 45.6 Å². The predicted octanol–water partition coefficient (Wildman–Crippen LogP) is 3.08. The molecule has 4 rings (SSSR count). The van der Waals surface area contributed by atoms with E-state index in [4.69, 9.17) is 0 Å². The fourth-order valence-corrected chi connectivity index (χ4v) is 5.28. The van der Waals surface area contributed by atoms with Gasteiger partial charge in [0.2, 0.25) is 0 Å². The molecule has 0 bridgehead atoms. The summed E-state index contributed by atoms with van der Waals surface area (Å²) >= 11 is 1.50. The van der Waals surface area contributed by atoms with E-state index < -0.39 is 0 Å². The van der Waals surface area contributed by atoms with Crippen LogP contribution in [-0.2, 0) is 0 Å². The van der Waals surface area contributed by atoms with Crippen LogP contribution < -0.4 is 0 Å². The summed E-state index contributed by atoms with van der Waals surface area (Å²) in [4.78, 5) is 29.7. The van der Waals surface area contributed by atoms with Crippen LogP contribution in [0.4, 0.5) is 0 Å². The second-order valence-corrected chi connectivity index (χ2v) is 8.70. The molecule has 1 unspecified atom stereocenters. The van der Waals surface area contributed by atoms with Gasteiger partial charge in [-0.25, -0.2) is 4.68 Å². The van der Waals surface area contributed by atoms with Crippen molar-refractivity contribution in [1.82, 2.24) is 24.8 Å². The first-order valence-electron chi connectivity index (χ1n) is 10.1. The number of aromatic nitrogens is 3. The quantitative estimate of drug-likeness (QED) is 0.772. The lowest BCUT2D eigenvalue weighted by atomic mass is 9.59. The Morgan fingerprint density at radius 3 is 2.57 bits per heavy atom. The van der Waals surface area contributed by atoms with Gasteiger partial charge in [0.25, 0.3) is 11.8 Å². The van der Waals surface area contributed by atoms with E-state index in [1.54, 1.807) is 4.90 Å². The normalized spacial score (nSPS) is 20.8. The Hall–Kier alpha value is -2.22. The van der Waals surface area contributed by atoms with Crippen molar-refractivity contribution in [1.29, 1.82) is 0 Å². The molecule has 1 saturated heterocycles.